The Hall–Kier alpha value is -1.92. The van der Waals surface area contributed by atoms with Gasteiger partial charge in [0.05, 0.1) is 18.3 Å². The summed E-state index contributed by atoms with van der Waals surface area (Å²) in [6, 6.07) is 5.82. The van der Waals surface area contributed by atoms with Crippen LogP contribution >= 0.6 is 11.6 Å². The molecule has 0 radical (unpaired) electrons. The van der Waals surface area contributed by atoms with Crippen molar-refractivity contribution in [2.24, 2.45) is 0 Å². The van der Waals surface area contributed by atoms with Crippen LogP contribution in [0.15, 0.2) is 18.2 Å². The summed E-state index contributed by atoms with van der Waals surface area (Å²) in [5.41, 5.74) is 2.05. The van der Waals surface area contributed by atoms with Gasteiger partial charge in [0.1, 0.15) is 5.82 Å². The van der Waals surface area contributed by atoms with Gasteiger partial charge in [0.25, 0.3) is 0 Å². The molecule has 6 nitrogen and oxygen atoms in total. The van der Waals surface area contributed by atoms with Crippen LogP contribution in [0.5, 0.6) is 0 Å². The molecule has 7 heteroatoms. The van der Waals surface area contributed by atoms with Crippen LogP contribution < -0.4 is 0 Å². The third kappa shape index (κ3) is 3.23. The van der Waals surface area contributed by atoms with E-state index in [1.807, 2.05) is 25.1 Å². The lowest BCUT2D eigenvalue weighted by Gasteiger charge is -2.28. The number of nitrogens with zero attached hydrogens (tertiary/aromatic N) is 4. The monoisotopic (exact) mass is 374 g/mol. The summed E-state index contributed by atoms with van der Waals surface area (Å²) >= 11 is 6.19. The van der Waals surface area contributed by atoms with Gasteiger partial charge >= 0.3 is 0 Å². The molecule has 2 aliphatic rings. The molecule has 0 N–H and O–H groups in total. The Morgan fingerprint density at radius 2 is 2.04 bits per heavy atom. The number of hydrogen-bond donors (Lipinski definition) is 0. The molecule has 2 heterocycles. The highest BCUT2D eigenvalue weighted by atomic mass is 35.5. The number of fused-ring (bicyclic) bond motifs is 3. The summed E-state index contributed by atoms with van der Waals surface area (Å²) in [6.07, 6.45) is 5.41. The minimum Gasteiger partial charge on any atom is -0.379 e. The number of carbonyl (C=O) groups is 1. The van der Waals surface area contributed by atoms with E-state index in [1.54, 1.807) is 4.90 Å². The Morgan fingerprint density at radius 3 is 2.77 bits per heavy atom. The fourth-order valence-corrected chi connectivity index (χ4v) is 4.31. The second-order valence-electron chi connectivity index (χ2n) is 7.02. The summed E-state index contributed by atoms with van der Waals surface area (Å²) in [4.78, 5) is 13.2. The predicted molar refractivity (Wildman–Crippen MR) is 98.3 cm³/mol. The number of benzene rings is 1. The van der Waals surface area contributed by atoms with Gasteiger partial charge in [-0.1, -0.05) is 11.6 Å². The summed E-state index contributed by atoms with van der Waals surface area (Å²) in [5, 5.41) is 9.61. The molecule has 0 spiro atoms. The molecule has 0 unspecified atom stereocenters. The molecular formula is C19H23ClN4O2. The molecule has 1 aliphatic carbocycles. The molecule has 1 fully saturated rings. The van der Waals surface area contributed by atoms with Crippen LogP contribution in [0.2, 0.25) is 5.02 Å². The molecule has 26 heavy (non-hydrogen) atoms. The van der Waals surface area contributed by atoms with Crippen molar-refractivity contribution in [3.63, 3.8) is 0 Å². The van der Waals surface area contributed by atoms with Crippen molar-refractivity contribution < 1.29 is 9.53 Å². The zero-order valence-electron chi connectivity index (χ0n) is 14.9. The molecule has 1 amide bonds. The standard InChI is InChI=1S/C19H23ClN4O2/c1-2-26-16-6-3-13(4-7-16)19-22-21-18-11-23(12-25)10-14-9-15(20)5-8-17(14)24(18)19/h5,8-9,12-13,16H,2-4,6-7,10-11H2,1H3. The van der Waals surface area contributed by atoms with Gasteiger partial charge in [-0.15, -0.1) is 10.2 Å². The van der Waals surface area contributed by atoms with Crippen molar-refractivity contribution >= 4 is 18.0 Å². The van der Waals surface area contributed by atoms with Crippen molar-refractivity contribution in [2.45, 2.75) is 57.7 Å². The van der Waals surface area contributed by atoms with Crippen LogP contribution in [0.4, 0.5) is 0 Å². The van der Waals surface area contributed by atoms with Crippen molar-refractivity contribution in [3.8, 4) is 5.69 Å². The lowest BCUT2D eigenvalue weighted by Crippen LogP contribution is -2.22. The number of halogens is 1. The van der Waals surface area contributed by atoms with Crippen molar-refractivity contribution in [2.75, 3.05) is 6.61 Å². The van der Waals surface area contributed by atoms with E-state index in [-0.39, 0.29) is 0 Å². The average Bonchev–Trinajstić information content (AvgIpc) is 2.98. The second-order valence-corrected chi connectivity index (χ2v) is 7.46. The van der Waals surface area contributed by atoms with E-state index in [4.69, 9.17) is 16.3 Å². The van der Waals surface area contributed by atoms with Crippen LogP contribution in [0.3, 0.4) is 0 Å². The average molecular weight is 375 g/mol. The number of amides is 1. The highest BCUT2D eigenvalue weighted by molar-refractivity contribution is 6.30. The molecule has 0 atom stereocenters. The highest BCUT2D eigenvalue weighted by Crippen LogP contribution is 2.36. The molecule has 138 valence electrons. The molecule has 2 aromatic rings. The Labute approximate surface area is 158 Å². The minimum absolute atomic E-state index is 0.360. The maximum Gasteiger partial charge on any atom is 0.210 e. The van der Waals surface area contributed by atoms with E-state index in [9.17, 15) is 4.79 Å². The summed E-state index contributed by atoms with van der Waals surface area (Å²) in [6.45, 7) is 3.80. The van der Waals surface area contributed by atoms with Gasteiger partial charge in [-0.25, -0.2) is 0 Å². The first-order valence-corrected chi connectivity index (χ1v) is 9.61. The number of rotatable bonds is 4. The van der Waals surface area contributed by atoms with Crippen molar-refractivity contribution in [1.29, 1.82) is 0 Å². The number of ether oxygens (including phenoxy) is 1. The molecule has 4 rings (SSSR count). The van der Waals surface area contributed by atoms with E-state index in [1.165, 1.54) is 0 Å². The zero-order valence-corrected chi connectivity index (χ0v) is 15.7. The van der Waals surface area contributed by atoms with Crippen LogP contribution in [-0.2, 0) is 22.6 Å². The molecule has 0 saturated heterocycles. The smallest absolute Gasteiger partial charge is 0.210 e. The highest BCUT2D eigenvalue weighted by Gasteiger charge is 2.30. The molecular weight excluding hydrogens is 352 g/mol. The van der Waals surface area contributed by atoms with Gasteiger partial charge in [-0.2, -0.15) is 0 Å². The molecule has 1 aromatic heterocycles. The molecule has 1 saturated carbocycles. The van der Waals surface area contributed by atoms with Gasteiger partial charge in [-0.3, -0.25) is 9.36 Å². The first kappa shape index (κ1) is 17.5. The summed E-state index contributed by atoms with van der Waals surface area (Å²) in [5.74, 6) is 2.16. The van der Waals surface area contributed by atoms with Crippen LogP contribution in [0.1, 0.15) is 55.7 Å². The number of hydrogen-bond acceptors (Lipinski definition) is 4. The fraction of sp³-hybridized carbons (Fsp3) is 0.526. The minimum atomic E-state index is 0.360. The van der Waals surface area contributed by atoms with E-state index >= 15 is 0 Å². The first-order chi connectivity index (χ1) is 12.7. The number of aromatic nitrogens is 3. The van der Waals surface area contributed by atoms with Crippen LogP contribution in [0, 0.1) is 0 Å². The Kier molecular flexibility index (Phi) is 4.96. The van der Waals surface area contributed by atoms with E-state index < -0.39 is 0 Å². The lowest BCUT2D eigenvalue weighted by molar-refractivity contribution is -0.119. The van der Waals surface area contributed by atoms with E-state index in [0.29, 0.717) is 30.1 Å². The van der Waals surface area contributed by atoms with Gasteiger partial charge in [0.2, 0.25) is 6.41 Å². The van der Waals surface area contributed by atoms with Crippen LogP contribution in [0.25, 0.3) is 5.69 Å². The van der Waals surface area contributed by atoms with Crippen LogP contribution in [-0.4, -0.2) is 38.8 Å². The quantitative estimate of drug-likeness (QED) is 0.769. The Morgan fingerprint density at radius 1 is 1.23 bits per heavy atom. The molecule has 1 aromatic carbocycles. The van der Waals surface area contributed by atoms with E-state index in [2.05, 4.69) is 14.8 Å². The Balaban J connectivity index is 1.70. The maximum atomic E-state index is 11.4. The molecule has 1 aliphatic heterocycles. The third-order valence-electron chi connectivity index (χ3n) is 5.35. The van der Waals surface area contributed by atoms with E-state index in [0.717, 1.165) is 61.6 Å². The number of carbonyl (C=O) groups excluding carboxylic acids is 1. The fourth-order valence-electron chi connectivity index (χ4n) is 4.11. The first-order valence-electron chi connectivity index (χ1n) is 9.23. The summed E-state index contributed by atoms with van der Waals surface area (Å²) in [7, 11) is 0. The van der Waals surface area contributed by atoms with Gasteiger partial charge < -0.3 is 9.64 Å². The van der Waals surface area contributed by atoms with Gasteiger partial charge in [-0.05, 0) is 56.4 Å². The summed E-state index contributed by atoms with van der Waals surface area (Å²) < 4.78 is 7.92. The zero-order chi connectivity index (χ0) is 18.1. The topological polar surface area (TPSA) is 60.3 Å². The predicted octanol–water partition coefficient (Wildman–Crippen LogP) is 3.46. The third-order valence-corrected chi connectivity index (χ3v) is 5.58. The second kappa shape index (κ2) is 7.37. The normalized spacial score (nSPS) is 22.5. The van der Waals surface area contributed by atoms with Crippen molar-refractivity contribution in [1.82, 2.24) is 19.7 Å². The maximum absolute atomic E-state index is 11.4. The van der Waals surface area contributed by atoms with Crippen molar-refractivity contribution in [3.05, 3.63) is 40.4 Å². The van der Waals surface area contributed by atoms with Gasteiger partial charge in [0.15, 0.2) is 5.82 Å². The largest absolute Gasteiger partial charge is 0.379 e. The Bertz CT molecular complexity index is 799. The lowest BCUT2D eigenvalue weighted by atomic mass is 9.86. The molecule has 0 bridgehead atoms. The van der Waals surface area contributed by atoms with Gasteiger partial charge in [0, 0.05) is 24.1 Å². The SMILES string of the molecule is CCOC1CCC(c2nnc3n2-c2ccc(Cl)cc2CN(C=O)C3)CC1.